The minimum atomic E-state index is -4.56. The highest BCUT2D eigenvalue weighted by Crippen LogP contribution is 2.47. The summed E-state index contributed by atoms with van der Waals surface area (Å²) in [5.41, 5.74) is -2.81. The minimum absolute atomic E-state index is 0.0395. The van der Waals surface area contributed by atoms with Crippen molar-refractivity contribution in [3.8, 4) is 0 Å². The molecule has 9 heteroatoms. The number of alkyl halides is 3. The first kappa shape index (κ1) is 27.8. The molecular weight excluding hydrogens is 497 g/mol. The monoisotopic (exact) mass is 530 g/mol. The molecule has 0 saturated heterocycles. The van der Waals surface area contributed by atoms with E-state index < -0.39 is 34.9 Å². The van der Waals surface area contributed by atoms with Gasteiger partial charge in [-0.15, -0.1) is 0 Å². The fraction of sp³-hybridized carbons (Fsp3) is 0.483. The predicted molar refractivity (Wildman–Crippen MR) is 137 cm³/mol. The third kappa shape index (κ3) is 5.34. The standard InChI is InChI=1S/C29H33F3N2O4/c1-26(2,3)20-12-14-28(15-13-20)33-23(19-6-5-7-22(16-19)29(30,31)32)24(35)34(28)17-27(4,38)21-10-8-18(9-11-21)25(36)37/h5-11,16,20,38H,12-15,17H2,1-4H3,(H,36,37). The van der Waals surface area contributed by atoms with E-state index >= 15 is 0 Å². The van der Waals surface area contributed by atoms with Gasteiger partial charge < -0.3 is 15.1 Å². The van der Waals surface area contributed by atoms with Gasteiger partial charge in [-0.25, -0.2) is 4.79 Å². The van der Waals surface area contributed by atoms with Gasteiger partial charge in [-0.2, -0.15) is 13.2 Å². The van der Waals surface area contributed by atoms with Crippen molar-refractivity contribution in [1.29, 1.82) is 0 Å². The molecule has 6 nitrogen and oxygen atoms in total. The second-order valence-corrected chi connectivity index (χ2v) is 11.7. The quantitative estimate of drug-likeness (QED) is 0.506. The van der Waals surface area contributed by atoms with E-state index in [1.54, 1.807) is 0 Å². The molecule has 1 aliphatic heterocycles. The molecule has 1 unspecified atom stereocenters. The molecule has 1 atom stereocenters. The van der Waals surface area contributed by atoms with Gasteiger partial charge in [0.1, 0.15) is 17.0 Å². The summed E-state index contributed by atoms with van der Waals surface area (Å²) in [6.45, 7) is 7.87. The van der Waals surface area contributed by atoms with Crippen LogP contribution in [0.2, 0.25) is 0 Å². The van der Waals surface area contributed by atoms with Crippen molar-refractivity contribution in [3.05, 3.63) is 70.8 Å². The lowest BCUT2D eigenvalue weighted by Crippen LogP contribution is -2.54. The van der Waals surface area contributed by atoms with Crippen LogP contribution in [0.3, 0.4) is 0 Å². The summed E-state index contributed by atoms with van der Waals surface area (Å²) in [5.74, 6) is -1.23. The van der Waals surface area contributed by atoms with Gasteiger partial charge in [-0.3, -0.25) is 9.79 Å². The minimum Gasteiger partial charge on any atom is -0.478 e. The first-order valence-electron chi connectivity index (χ1n) is 12.7. The highest BCUT2D eigenvalue weighted by molar-refractivity contribution is 6.46. The molecule has 1 aliphatic carbocycles. The molecule has 38 heavy (non-hydrogen) atoms. The van der Waals surface area contributed by atoms with Crippen LogP contribution in [0.1, 0.15) is 80.4 Å². The van der Waals surface area contributed by atoms with Crippen LogP contribution >= 0.6 is 0 Å². The van der Waals surface area contributed by atoms with Gasteiger partial charge in [0, 0.05) is 5.56 Å². The molecule has 204 valence electrons. The number of halogens is 3. The number of hydrogen-bond acceptors (Lipinski definition) is 4. The SMILES string of the molecule is CC(O)(CN1C(=O)C(c2cccc(C(F)(F)F)c2)=NC12CCC(C(C)(C)C)CC2)c1ccc(C(=O)O)cc1. The van der Waals surface area contributed by atoms with Crippen molar-refractivity contribution < 1.29 is 33.0 Å². The van der Waals surface area contributed by atoms with Gasteiger partial charge in [-0.05, 0) is 73.8 Å². The van der Waals surface area contributed by atoms with Crippen LogP contribution in [0.25, 0.3) is 0 Å². The van der Waals surface area contributed by atoms with Crippen LogP contribution in [0, 0.1) is 11.3 Å². The van der Waals surface area contributed by atoms with Gasteiger partial charge in [0.25, 0.3) is 5.91 Å². The Bertz CT molecular complexity index is 1250. The fourth-order valence-corrected chi connectivity index (χ4v) is 5.58. The number of benzene rings is 2. The van der Waals surface area contributed by atoms with Crippen LogP contribution in [0.4, 0.5) is 13.2 Å². The second kappa shape index (κ2) is 9.52. The third-order valence-electron chi connectivity index (χ3n) is 7.96. The number of hydrogen-bond donors (Lipinski definition) is 2. The lowest BCUT2D eigenvalue weighted by molar-refractivity contribution is -0.138. The van der Waals surface area contributed by atoms with E-state index in [4.69, 9.17) is 4.99 Å². The Hall–Kier alpha value is -3.20. The summed E-state index contributed by atoms with van der Waals surface area (Å²) in [6, 6.07) is 10.4. The molecule has 2 aromatic carbocycles. The maximum absolute atomic E-state index is 13.8. The smallest absolute Gasteiger partial charge is 0.416 e. The molecule has 1 saturated carbocycles. The lowest BCUT2D eigenvalue weighted by atomic mass is 9.69. The Labute approximate surface area is 220 Å². The molecule has 4 rings (SSSR count). The van der Waals surface area contributed by atoms with E-state index in [9.17, 15) is 33.0 Å². The number of aromatic carboxylic acids is 1. The topological polar surface area (TPSA) is 90.2 Å². The summed E-state index contributed by atoms with van der Waals surface area (Å²) < 4.78 is 40.2. The maximum atomic E-state index is 13.8. The molecule has 0 aromatic heterocycles. The first-order chi connectivity index (χ1) is 17.5. The average Bonchev–Trinajstić information content (AvgIpc) is 3.09. The van der Waals surface area contributed by atoms with E-state index in [2.05, 4.69) is 20.8 Å². The summed E-state index contributed by atoms with van der Waals surface area (Å²) in [4.78, 5) is 31.3. The highest BCUT2D eigenvalue weighted by atomic mass is 19.4. The number of β-amino-alcohol motifs (C(OH)–C–C–N with tert-alkyl or cyclic N) is 1. The zero-order valence-electron chi connectivity index (χ0n) is 22.0. The average molecular weight is 531 g/mol. The van der Waals surface area contributed by atoms with Crippen molar-refractivity contribution in [3.63, 3.8) is 0 Å². The van der Waals surface area contributed by atoms with Crippen molar-refractivity contribution >= 4 is 17.6 Å². The van der Waals surface area contributed by atoms with Crippen molar-refractivity contribution in [2.75, 3.05) is 6.54 Å². The predicted octanol–water partition coefficient (Wildman–Crippen LogP) is 5.88. The van der Waals surface area contributed by atoms with Crippen molar-refractivity contribution in [2.45, 2.75) is 70.8 Å². The molecular formula is C29H33F3N2O4. The lowest BCUT2D eigenvalue weighted by Gasteiger charge is -2.46. The zero-order valence-corrected chi connectivity index (χ0v) is 22.0. The molecule has 1 spiro atoms. The fourth-order valence-electron chi connectivity index (χ4n) is 5.58. The van der Waals surface area contributed by atoms with Crippen molar-refractivity contribution in [1.82, 2.24) is 4.90 Å². The second-order valence-electron chi connectivity index (χ2n) is 11.7. The summed E-state index contributed by atoms with van der Waals surface area (Å²) in [7, 11) is 0. The van der Waals surface area contributed by atoms with Gasteiger partial charge in [0.05, 0.1) is 17.7 Å². The summed E-state index contributed by atoms with van der Waals surface area (Å²) in [6.07, 6.45) is -1.95. The number of aliphatic hydroxyl groups is 1. The Balaban J connectivity index is 1.71. The van der Waals surface area contributed by atoms with Crippen molar-refractivity contribution in [2.24, 2.45) is 16.3 Å². The van der Waals surface area contributed by atoms with Gasteiger partial charge in [-0.1, -0.05) is 45.0 Å². The Morgan fingerprint density at radius 2 is 1.63 bits per heavy atom. The van der Waals surface area contributed by atoms with E-state index in [-0.39, 0.29) is 28.8 Å². The zero-order chi connectivity index (χ0) is 28.1. The maximum Gasteiger partial charge on any atom is 0.416 e. The number of carbonyl (C=O) groups is 2. The Kier molecular flexibility index (Phi) is 6.97. The molecule has 2 aromatic rings. The van der Waals surface area contributed by atoms with Crippen LogP contribution in [-0.2, 0) is 16.6 Å². The van der Waals surface area contributed by atoms with Gasteiger partial charge >= 0.3 is 12.1 Å². The molecule has 0 bridgehead atoms. The van der Waals surface area contributed by atoms with E-state index in [0.29, 0.717) is 24.3 Å². The van der Waals surface area contributed by atoms with E-state index in [1.165, 1.54) is 48.2 Å². The molecule has 1 amide bonds. The molecule has 2 N–H and O–H groups in total. The summed E-state index contributed by atoms with van der Waals surface area (Å²) >= 11 is 0. The molecule has 0 radical (unpaired) electrons. The first-order valence-corrected chi connectivity index (χ1v) is 12.7. The third-order valence-corrected chi connectivity index (χ3v) is 7.96. The van der Waals surface area contributed by atoms with Crippen LogP contribution < -0.4 is 0 Å². The number of rotatable bonds is 5. The highest BCUT2D eigenvalue weighted by Gasteiger charge is 2.52. The Morgan fingerprint density at radius 3 is 2.16 bits per heavy atom. The molecule has 1 fully saturated rings. The number of aliphatic imine (C=N–C) groups is 1. The molecule has 2 aliphatic rings. The number of carbonyl (C=O) groups excluding carboxylic acids is 1. The van der Waals surface area contributed by atoms with E-state index in [0.717, 1.165) is 25.0 Å². The van der Waals surface area contributed by atoms with Crippen LogP contribution in [-0.4, -0.2) is 44.9 Å². The Morgan fingerprint density at radius 1 is 1.03 bits per heavy atom. The summed E-state index contributed by atoms with van der Waals surface area (Å²) in [5, 5.41) is 20.6. The van der Waals surface area contributed by atoms with E-state index in [1.807, 2.05) is 0 Å². The molecule has 1 heterocycles. The van der Waals surface area contributed by atoms with Crippen LogP contribution in [0.15, 0.2) is 53.5 Å². The number of nitrogens with zero attached hydrogens (tertiary/aromatic N) is 2. The number of carboxylic acids is 1. The van der Waals surface area contributed by atoms with Gasteiger partial charge in [0.15, 0.2) is 0 Å². The number of amides is 1. The normalized spacial score (nSPS) is 23.9. The van der Waals surface area contributed by atoms with Gasteiger partial charge in [0.2, 0.25) is 0 Å². The largest absolute Gasteiger partial charge is 0.478 e. The number of carboxylic acid groups (broad SMARTS) is 1. The van der Waals surface area contributed by atoms with Crippen LogP contribution in [0.5, 0.6) is 0 Å².